The Morgan fingerprint density at radius 2 is 2.18 bits per heavy atom. The fraction of sp³-hybridized carbons (Fsp3) is 0.333. The second kappa shape index (κ2) is 4.16. The SMILES string of the molecule is Fc1cncc(NCc2cncn2C2CC2)c1. The first kappa shape index (κ1) is 10.3. The second-order valence-electron chi connectivity index (χ2n) is 4.27. The van der Waals surface area contributed by atoms with E-state index in [1.54, 1.807) is 6.20 Å². The van der Waals surface area contributed by atoms with Crippen LogP contribution in [0, 0.1) is 5.82 Å². The van der Waals surface area contributed by atoms with Gasteiger partial charge in [0.2, 0.25) is 0 Å². The molecule has 1 saturated carbocycles. The van der Waals surface area contributed by atoms with Crippen molar-refractivity contribution in [2.24, 2.45) is 0 Å². The van der Waals surface area contributed by atoms with Gasteiger partial charge in [0.05, 0.1) is 36.6 Å². The maximum atomic E-state index is 12.9. The largest absolute Gasteiger partial charge is 0.378 e. The van der Waals surface area contributed by atoms with Crippen LogP contribution in [0.2, 0.25) is 0 Å². The van der Waals surface area contributed by atoms with Gasteiger partial charge in [0.1, 0.15) is 5.82 Å². The van der Waals surface area contributed by atoms with E-state index >= 15 is 0 Å². The minimum absolute atomic E-state index is 0.328. The lowest BCUT2D eigenvalue weighted by atomic mass is 10.3. The topological polar surface area (TPSA) is 42.7 Å². The van der Waals surface area contributed by atoms with E-state index in [4.69, 9.17) is 0 Å². The minimum Gasteiger partial charge on any atom is -0.378 e. The second-order valence-corrected chi connectivity index (χ2v) is 4.27. The Balaban J connectivity index is 1.69. The van der Waals surface area contributed by atoms with E-state index in [2.05, 4.69) is 19.9 Å². The average molecular weight is 232 g/mol. The van der Waals surface area contributed by atoms with Gasteiger partial charge in [-0.15, -0.1) is 0 Å². The van der Waals surface area contributed by atoms with Crippen molar-refractivity contribution in [2.45, 2.75) is 25.4 Å². The molecule has 88 valence electrons. The Morgan fingerprint density at radius 3 is 2.94 bits per heavy atom. The number of aromatic nitrogens is 3. The van der Waals surface area contributed by atoms with Crippen LogP contribution >= 0.6 is 0 Å². The number of pyridine rings is 1. The zero-order valence-electron chi connectivity index (χ0n) is 9.31. The van der Waals surface area contributed by atoms with Gasteiger partial charge in [-0.05, 0) is 12.8 Å². The van der Waals surface area contributed by atoms with E-state index in [1.165, 1.54) is 25.1 Å². The summed E-state index contributed by atoms with van der Waals surface area (Å²) < 4.78 is 15.1. The smallest absolute Gasteiger partial charge is 0.143 e. The molecule has 0 unspecified atom stereocenters. The van der Waals surface area contributed by atoms with E-state index in [0.717, 1.165) is 5.69 Å². The molecule has 0 amide bonds. The van der Waals surface area contributed by atoms with Crippen molar-refractivity contribution in [3.05, 3.63) is 42.5 Å². The lowest BCUT2D eigenvalue weighted by Gasteiger charge is -2.08. The molecule has 0 spiro atoms. The highest BCUT2D eigenvalue weighted by Crippen LogP contribution is 2.35. The van der Waals surface area contributed by atoms with Crippen molar-refractivity contribution in [3.8, 4) is 0 Å². The lowest BCUT2D eigenvalue weighted by molar-refractivity contribution is 0.621. The third-order valence-corrected chi connectivity index (χ3v) is 2.87. The molecule has 5 heteroatoms. The van der Waals surface area contributed by atoms with Gasteiger partial charge in [-0.2, -0.15) is 0 Å². The lowest BCUT2D eigenvalue weighted by Crippen LogP contribution is -2.06. The number of nitrogens with one attached hydrogen (secondary N) is 1. The normalized spacial score (nSPS) is 14.9. The van der Waals surface area contributed by atoms with Crippen LogP contribution in [0.25, 0.3) is 0 Å². The van der Waals surface area contributed by atoms with E-state index in [9.17, 15) is 4.39 Å². The quantitative estimate of drug-likeness (QED) is 0.880. The molecule has 0 radical (unpaired) electrons. The van der Waals surface area contributed by atoms with Crippen LogP contribution in [0.3, 0.4) is 0 Å². The summed E-state index contributed by atoms with van der Waals surface area (Å²) in [6, 6.07) is 2.05. The fourth-order valence-corrected chi connectivity index (χ4v) is 1.85. The van der Waals surface area contributed by atoms with Crippen LogP contribution in [-0.4, -0.2) is 14.5 Å². The van der Waals surface area contributed by atoms with E-state index in [1.807, 2.05) is 12.5 Å². The summed E-state index contributed by atoms with van der Waals surface area (Å²) in [4.78, 5) is 7.94. The molecule has 0 saturated heterocycles. The van der Waals surface area contributed by atoms with Gasteiger partial charge in [-0.1, -0.05) is 0 Å². The molecule has 17 heavy (non-hydrogen) atoms. The summed E-state index contributed by atoms with van der Waals surface area (Å²) in [5, 5.41) is 3.15. The molecule has 1 N–H and O–H groups in total. The predicted molar refractivity (Wildman–Crippen MR) is 62.0 cm³/mol. The van der Waals surface area contributed by atoms with E-state index in [-0.39, 0.29) is 5.82 Å². The molecule has 0 aliphatic heterocycles. The van der Waals surface area contributed by atoms with Crippen LogP contribution < -0.4 is 5.32 Å². The van der Waals surface area contributed by atoms with Crippen LogP contribution in [0.4, 0.5) is 10.1 Å². The third kappa shape index (κ3) is 2.27. The first-order valence-electron chi connectivity index (χ1n) is 5.68. The zero-order chi connectivity index (χ0) is 11.7. The first-order valence-corrected chi connectivity index (χ1v) is 5.68. The van der Waals surface area contributed by atoms with Crippen LogP contribution in [0.1, 0.15) is 24.6 Å². The maximum absolute atomic E-state index is 12.9. The molecule has 0 bridgehead atoms. The number of hydrogen-bond donors (Lipinski definition) is 1. The molecule has 0 aromatic carbocycles. The van der Waals surface area contributed by atoms with Crippen molar-refractivity contribution >= 4 is 5.69 Å². The molecular formula is C12H13FN4. The summed E-state index contributed by atoms with van der Waals surface area (Å²) in [6.07, 6.45) is 8.97. The van der Waals surface area contributed by atoms with Gasteiger partial charge < -0.3 is 9.88 Å². The van der Waals surface area contributed by atoms with Crippen molar-refractivity contribution in [1.82, 2.24) is 14.5 Å². The Bertz CT molecular complexity index is 519. The highest BCUT2D eigenvalue weighted by Gasteiger charge is 2.24. The van der Waals surface area contributed by atoms with Gasteiger partial charge in [0.15, 0.2) is 0 Å². The molecule has 2 aromatic heterocycles. The van der Waals surface area contributed by atoms with Crippen molar-refractivity contribution < 1.29 is 4.39 Å². The molecule has 1 aliphatic carbocycles. The van der Waals surface area contributed by atoms with Gasteiger partial charge in [0, 0.05) is 18.3 Å². The fourth-order valence-electron chi connectivity index (χ4n) is 1.85. The average Bonchev–Trinajstić information content (AvgIpc) is 3.06. The summed E-state index contributed by atoms with van der Waals surface area (Å²) in [6.45, 7) is 0.641. The summed E-state index contributed by atoms with van der Waals surface area (Å²) >= 11 is 0. The van der Waals surface area contributed by atoms with Gasteiger partial charge >= 0.3 is 0 Å². The van der Waals surface area contributed by atoms with Crippen LogP contribution in [-0.2, 0) is 6.54 Å². The van der Waals surface area contributed by atoms with Gasteiger partial charge in [-0.3, -0.25) is 4.98 Å². The Hall–Kier alpha value is -1.91. The molecular weight excluding hydrogens is 219 g/mol. The Morgan fingerprint density at radius 1 is 1.29 bits per heavy atom. The van der Waals surface area contributed by atoms with Crippen molar-refractivity contribution in [3.63, 3.8) is 0 Å². The van der Waals surface area contributed by atoms with Crippen LogP contribution in [0.15, 0.2) is 31.0 Å². The molecule has 0 atom stereocenters. The monoisotopic (exact) mass is 232 g/mol. The highest BCUT2D eigenvalue weighted by atomic mass is 19.1. The molecule has 2 heterocycles. The zero-order valence-corrected chi connectivity index (χ0v) is 9.31. The van der Waals surface area contributed by atoms with E-state index in [0.29, 0.717) is 18.3 Å². The highest BCUT2D eigenvalue weighted by molar-refractivity contribution is 5.40. The molecule has 2 aromatic rings. The van der Waals surface area contributed by atoms with E-state index < -0.39 is 0 Å². The van der Waals surface area contributed by atoms with Gasteiger partial charge in [0.25, 0.3) is 0 Å². The van der Waals surface area contributed by atoms with Gasteiger partial charge in [-0.25, -0.2) is 9.37 Å². The predicted octanol–water partition coefficient (Wildman–Crippen LogP) is 2.36. The van der Waals surface area contributed by atoms with Crippen molar-refractivity contribution in [2.75, 3.05) is 5.32 Å². The Kier molecular flexibility index (Phi) is 2.51. The van der Waals surface area contributed by atoms with Crippen molar-refractivity contribution in [1.29, 1.82) is 0 Å². The first-order chi connectivity index (χ1) is 8.33. The standard InChI is InChI=1S/C12H13FN4/c13-9-3-10(5-14-4-9)16-7-12-6-15-8-17(12)11-1-2-11/h3-6,8,11,16H,1-2,7H2. The minimum atomic E-state index is -0.328. The molecule has 3 rings (SSSR count). The maximum Gasteiger partial charge on any atom is 0.143 e. The van der Waals surface area contributed by atoms with Crippen LogP contribution in [0.5, 0.6) is 0 Å². The molecule has 4 nitrogen and oxygen atoms in total. The number of rotatable bonds is 4. The number of halogens is 1. The molecule has 1 fully saturated rings. The number of imidazole rings is 1. The molecule has 1 aliphatic rings. The third-order valence-electron chi connectivity index (χ3n) is 2.87. The summed E-state index contributed by atoms with van der Waals surface area (Å²) in [7, 11) is 0. The summed E-state index contributed by atoms with van der Waals surface area (Å²) in [5.74, 6) is -0.328. The Labute approximate surface area is 98.5 Å². The number of hydrogen-bond acceptors (Lipinski definition) is 3. The number of anilines is 1. The summed E-state index contributed by atoms with van der Waals surface area (Å²) in [5.41, 5.74) is 1.81. The number of nitrogens with zero attached hydrogens (tertiary/aromatic N) is 3.